The van der Waals surface area contributed by atoms with Crippen LogP contribution in [0.15, 0.2) is 85.1 Å². The van der Waals surface area contributed by atoms with E-state index >= 15 is 8.78 Å². The Labute approximate surface area is 448 Å². The van der Waals surface area contributed by atoms with Crippen molar-refractivity contribution in [2.75, 3.05) is 99.8 Å². The summed E-state index contributed by atoms with van der Waals surface area (Å²) in [6.45, 7) is 15.9. The first kappa shape index (κ1) is 53.3. The normalized spacial score (nSPS) is 16.7. The molecule has 1 unspecified atom stereocenters. The van der Waals surface area contributed by atoms with Crippen molar-refractivity contribution in [3.8, 4) is 11.4 Å². The Kier molecular flexibility index (Phi) is 16.1. The third-order valence-corrected chi connectivity index (χ3v) is 17.3. The van der Waals surface area contributed by atoms with Crippen molar-refractivity contribution < 1.29 is 27.7 Å². The Morgan fingerprint density at radius 1 is 0.831 bits per heavy atom. The van der Waals surface area contributed by atoms with Gasteiger partial charge in [-0.1, -0.05) is 30.3 Å². The standard InChI is InChI=1S/C57H68F2N13O4P/c1-37(10-17-53(74)61-36-73)54-44(58)32-42(33-45(54)59)70-24-19-39(20-25-70)18-23-68-28-30-71(31-29-68)40-21-26-69(27-22-40)41-12-14-48(52(34-41)76-3)64-57-60-35-51(72-50-9-7-6-8-47(50)66-67-72)56(65-57)63-49-16-15-46-43(13-11-38(2)62-46)55(49)77(4,5)75/h6-9,11-16,32-37,39-40H,10,17-31H2,1-5H3,(H,61,73,74)(H2,60,63,64,65). The second kappa shape index (κ2) is 23.3. The first-order valence-electron chi connectivity index (χ1n) is 26.8. The molecule has 404 valence electrons. The Morgan fingerprint density at radius 2 is 1.55 bits per heavy atom. The van der Waals surface area contributed by atoms with Gasteiger partial charge in [0.2, 0.25) is 18.3 Å². The van der Waals surface area contributed by atoms with E-state index in [2.05, 4.69) is 58.0 Å². The number of methoxy groups -OCH3 is 1. The summed E-state index contributed by atoms with van der Waals surface area (Å²) >= 11 is 0. The van der Waals surface area contributed by atoms with Gasteiger partial charge in [0.15, 0.2) is 5.82 Å². The average molecular weight is 1070 g/mol. The van der Waals surface area contributed by atoms with Crippen LogP contribution in [0.1, 0.15) is 69.0 Å². The lowest BCUT2D eigenvalue weighted by atomic mass is 9.92. The lowest BCUT2D eigenvalue weighted by Crippen LogP contribution is -2.53. The van der Waals surface area contributed by atoms with Gasteiger partial charge in [0.1, 0.15) is 35.7 Å². The van der Waals surface area contributed by atoms with Crippen LogP contribution in [0.25, 0.3) is 27.6 Å². The van der Waals surface area contributed by atoms with E-state index in [1.807, 2.05) is 61.5 Å². The summed E-state index contributed by atoms with van der Waals surface area (Å²) < 4.78 is 52.2. The number of nitrogens with zero attached hydrogens (tertiary/aromatic N) is 10. The summed E-state index contributed by atoms with van der Waals surface area (Å²) in [5.41, 5.74) is 6.71. The van der Waals surface area contributed by atoms with Gasteiger partial charge >= 0.3 is 0 Å². The molecule has 3 aliphatic heterocycles. The highest BCUT2D eigenvalue weighted by atomic mass is 31.2. The van der Waals surface area contributed by atoms with Crippen LogP contribution in [0.4, 0.5) is 43.3 Å². The van der Waals surface area contributed by atoms with Crippen molar-refractivity contribution in [1.82, 2.24) is 45.1 Å². The third-order valence-electron chi connectivity index (χ3n) is 15.7. The summed E-state index contributed by atoms with van der Waals surface area (Å²) in [7, 11) is -1.18. The predicted molar refractivity (Wildman–Crippen MR) is 301 cm³/mol. The third kappa shape index (κ3) is 12.1. The van der Waals surface area contributed by atoms with Gasteiger partial charge in [-0.2, -0.15) is 4.98 Å². The maximum Gasteiger partial charge on any atom is 0.229 e. The molecule has 0 saturated carbocycles. The minimum atomic E-state index is -2.84. The molecule has 3 saturated heterocycles. The van der Waals surface area contributed by atoms with Crippen molar-refractivity contribution in [2.45, 2.75) is 70.8 Å². The van der Waals surface area contributed by atoms with Gasteiger partial charge < -0.3 is 34.6 Å². The number of halogens is 2. The number of ether oxygens (including phenoxy) is 1. The molecule has 3 aromatic heterocycles. The van der Waals surface area contributed by atoms with Gasteiger partial charge in [-0.3, -0.25) is 24.8 Å². The van der Waals surface area contributed by atoms with E-state index in [9.17, 15) is 14.2 Å². The number of amides is 2. The van der Waals surface area contributed by atoms with Gasteiger partial charge in [0.25, 0.3) is 0 Å². The van der Waals surface area contributed by atoms with Gasteiger partial charge in [0.05, 0.1) is 35.7 Å². The number of aryl methyl sites for hydroxylation is 1. The predicted octanol–water partition coefficient (Wildman–Crippen LogP) is 9.14. The second-order valence-electron chi connectivity index (χ2n) is 21.1. The quantitative estimate of drug-likeness (QED) is 0.0547. The molecule has 6 heterocycles. The van der Waals surface area contributed by atoms with Gasteiger partial charge in [-0.05, 0) is 132 Å². The van der Waals surface area contributed by atoms with Crippen LogP contribution in [-0.2, 0) is 14.2 Å². The van der Waals surface area contributed by atoms with Crippen LogP contribution < -0.4 is 35.8 Å². The van der Waals surface area contributed by atoms with E-state index in [1.165, 1.54) is 12.1 Å². The number of pyridine rings is 1. The van der Waals surface area contributed by atoms with Crippen molar-refractivity contribution >= 4 is 81.2 Å². The molecule has 17 nitrogen and oxygen atoms in total. The zero-order valence-electron chi connectivity index (χ0n) is 44.5. The highest BCUT2D eigenvalue weighted by Crippen LogP contribution is 2.42. The number of aromatic nitrogens is 6. The largest absolute Gasteiger partial charge is 0.494 e. The number of carbonyl (C=O) groups is 2. The number of hydrogen-bond acceptors (Lipinski definition) is 15. The van der Waals surface area contributed by atoms with Gasteiger partial charge in [-0.15, -0.1) is 5.10 Å². The highest BCUT2D eigenvalue weighted by Gasteiger charge is 2.30. The molecular formula is C57H68F2N13O4P. The number of fused-ring (bicyclic) bond motifs is 2. The molecule has 2 amide bonds. The highest BCUT2D eigenvalue weighted by molar-refractivity contribution is 7.71. The maximum absolute atomic E-state index is 15.2. The fourth-order valence-corrected chi connectivity index (χ4v) is 12.9. The number of nitrogens with one attached hydrogen (secondary N) is 3. The van der Waals surface area contributed by atoms with Crippen LogP contribution in [-0.4, -0.2) is 137 Å². The zero-order valence-corrected chi connectivity index (χ0v) is 45.4. The molecule has 0 bridgehead atoms. The minimum absolute atomic E-state index is 0.0141. The summed E-state index contributed by atoms with van der Waals surface area (Å²) in [4.78, 5) is 46.5. The van der Waals surface area contributed by atoms with Gasteiger partial charge in [0, 0.05) is 104 Å². The fourth-order valence-electron chi connectivity index (χ4n) is 11.5. The summed E-state index contributed by atoms with van der Waals surface area (Å²) in [6.07, 6.45) is 7.52. The van der Waals surface area contributed by atoms with E-state index in [0.29, 0.717) is 63.9 Å². The Morgan fingerprint density at radius 3 is 2.27 bits per heavy atom. The monoisotopic (exact) mass is 1070 g/mol. The first-order chi connectivity index (χ1) is 37.2. The van der Waals surface area contributed by atoms with Crippen molar-refractivity contribution in [3.63, 3.8) is 0 Å². The Bertz CT molecular complexity index is 3290. The average Bonchev–Trinajstić information content (AvgIpc) is 3.92. The fraction of sp³-hybridized carbons (Fsp3) is 0.421. The minimum Gasteiger partial charge on any atom is -0.494 e. The van der Waals surface area contributed by atoms with E-state index in [-0.39, 0.29) is 18.4 Å². The number of hydrogen-bond donors (Lipinski definition) is 3. The first-order valence-corrected chi connectivity index (χ1v) is 29.4. The van der Waals surface area contributed by atoms with Crippen LogP contribution >= 0.6 is 7.14 Å². The molecule has 10 rings (SSSR count). The number of piperazine rings is 1. The molecule has 0 spiro atoms. The van der Waals surface area contributed by atoms with E-state index < -0.39 is 30.6 Å². The van der Waals surface area contributed by atoms with Gasteiger partial charge in [-0.25, -0.2) is 18.4 Å². The molecule has 3 aliphatic rings. The molecule has 1 atom stereocenters. The number of para-hydroxylation sites is 1. The van der Waals surface area contributed by atoms with Crippen molar-refractivity contribution in [3.05, 3.63) is 108 Å². The molecule has 0 aliphatic carbocycles. The Hall–Kier alpha value is -7.08. The summed E-state index contributed by atoms with van der Waals surface area (Å²) in [6, 6.07) is 25.0. The van der Waals surface area contributed by atoms with Crippen molar-refractivity contribution in [2.24, 2.45) is 5.92 Å². The van der Waals surface area contributed by atoms with Crippen LogP contribution in [0, 0.1) is 24.5 Å². The summed E-state index contributed by atoms with van der Waals surface area (Å²) in [5.74, 6) is -0.154. The van der Waals surface area contributed by atoms with E-state index in [1.54, 1.807) is 38.2 Å². The number of piperidine rings is 2. The number of benzene rings is 4. The molecule has 4 aromatic carbocycles. The lowest BCUT2D eigenvalue weighted by Gasteiger charge is -2.43. The number of rotatable bonds is 18. The van der Waals surface area contributed by atoms with E-state index in [0.717, 1.165) is 124 Å². The number of anilines is 6. The van der Waals surface area contributed by atoms with Crippen molar-refractivity contribution in [1.29, 1.82) is 0 Å². The smallest absolute Gasteiger partial charge is 0.229 e. The zero-order chi connectivity index (χ0) is 53.8. The van der Waals surface area contributed by atoms with E-state index in [4.69, 9.17) is 19.7 Å². The lowest BCUT2D eigenvalue weighted by molar-refractivity contribution is -0.125. The maximum atomic E-state index is 15.2. The second-order valence-corrected chi connectivity index (χ2v) is 24.3. The molecular weight excluding hydrogens is 1000 g/mol. The molecule has 20 heteroatoms. The van der Waals surface area contributed by atoms with Crippen LogP contribution in [0.5, 0.6) is 5.75 Å². The number of imide groups is 1. The number of carbonyl (C=O) groups excluding carboxylic acids is 2. The topological polar surface area (TPSA) is 179 Å². The molecule has 77 heavy (non-hydrogen) atoms. The molecule has 0 radical (unpaired) electrons. The van der Waals surface area contributed by atoms with Crippen LogP contribution in [0.2, 0.25) is 0 Å². The summed E-state index contributed by atoms with van der Waals surface area (Å²) in [5, 5.41) is 19.4. The molecule has 7 aromatic rings. The Balaban J connectivity index is 0.724. The SMILES string of the molecule is COc1cc(N2CCC(N3CCN(CCC4CCN(c5cc(F)c(C(C)CCC(=O)NC=O)c(F)c5)CC4)CC3)CC2)ccc1Nc1ncc(-n2nnc3ccccc32)c(Nc2ccc3nc(C)ccc3c2P(C)(C)=O)n1. The molecule has 3 fully saturated rings. The molecule has 3 N–H and O–H groups in total. The van der Waals surface area contributed by atoms with Crippen LogP contribution in [0.3, 0.4) is 0 Å².